The number of pyridine rings is 1. The molecule has 0 aliphatic carbocycles. The van der Waals surface area contributed by atoms with Gasteiger partial charge < -0.3 is 9.84 Å². The number of nitriles is 1. The largest absolute Gasteiger partial charge is 0.376 e. The first-order valence-corrected chi connectivity index (χ1v) is 5.67. The molecule has 0 aromatic carbocycles. The van der Waals surface area contributed by atoms with E-state index in [9.17, 15) is 0 Å². The fourth-order valence-electron chi connectivity index (χ4n) is 2.02. The highest BCUT2D eigenvalue weighted by molar-refractivity contribution is 5.56. The third-order valence-corrected chi connectivity index (χ3v) is 2.84. The monoisotopic (exact) mass is 242 g/mol. The Bertz CT molecular complexity index is 578. The van der Waals surface area contributed by atoms with Crippen molar-refractivity contribution in [2.24, 2.45) is 0 Å². The first-order valence-electron chi connectivity index (χ1n) is 5.67. The molecule has 0 aliphatic heterocycles. The molecule has 92 valence electrons. The van der Waals surface area contributed by atoms with Crippen LogP contribution in [0.15, 0.2) is 23.0 Å². The highest BCUT2D eigenvalue weighted by Crippen LogP contribution is 2.25. The van der Waals surface area contributed by atoms with Gasteiger partial charge in [-0.25, -0.2) is 0 Å². The van der Waals surface area contributed by atoms with E-state index >= 15 is 0 Å². The topological polar surface area (TPSA) is 74.7 Å². The lowest BCUT2D eigenvalue weighted by molar-refractivity contribution is 0.392. The molecule has 1 unspecified atom stereocenters. The molecule has 18 heavy (non-hydrogen) atoms. The highest BCUT2D eigenvalue weighted by Gasteiger charge is 2.17. The first kappa shape index (κ1) is 12.1. The van der Waals surface area contributed by atoms with Gasteiger partial charge in [-0.05, 0) is 26.8 Å². The second kappa shape index (κ2) is 4.88. The summed E-state index contributed by atoms with van der Waals surface area (Å²) < 4.78 is 5.14. The molecule has 5 heteroatoms. The number of nitrogens with zero attached hydrogens (tertiary/aromatic N) is 3. The molecule has 0 spiro atoms. The first-order chi connectivity index (χ1) is 8.63. The molecule has 5 nitrogen and oxygen atoms in total. The van der Waals surface area contributed by atoms with Gasteiger partial charge in [0.15, 0.2) is 0 Å². The van der Waals surface area contributed by atoms with Crippen LogP contribution in [0.4, 0.5) is 5.69 Å². The zero-order valence-electron chi connectivity index (χ0n) is 10.6. The Morgan fingerprint density at radius 2 is 2.22 bits per heavy atom. The van der Waals surface area contributed by atoms with Crippen molar-refractivity contribution in [3.8, 4) is 6.07 Å². The summed E-state index contributed by atoms with van der Waals surface area (Å²) in [6.07, 6.45) is 3.25. The number of anilines is 1. The lowest BCUT2D eigenvalue weighted by atomic mass is 10.1. The van der Waals surface area contributed by atoms with E-state index in [1.54, 1.807) is 18.5 Å². The molecule has 2 heterocycles. The van der Waals surface area contributed by atoms with Gasteiger partial charge in [0.1, 0.15) is 11.8 Å². The summed E-state index contributed by atoms with van der Waals surface area (Å²) >= 11 is 0. The van der Waals surface area contributed by atoms with Gasteiger partial charge in [-0.1, -0.05) is 5.16 Å². The van der Waals surface area contributed by atoms with Crippen molar-refractivity contribution in [1.82, 2.24) is 10.1 Å². The average molecular weight is 242 g/mol. The van der Waals surface area contributed by atoms with E-state index in [2.05, 4.69) is 21.5 Å². The Labute approximate surface area is 105 Å². The van der Waals surface area contributed by atoms with E-state index in [1.807, 2.05) is 20.8 Å². The minimum atomic E-state index is 0.00699. The van der Waals surface area contributed by atoms with Crippen molar-refractivity contribution >= 4 is 5.69 Å². The van der Waals surface area contributed by atoms with Gasteiger partial charge in [0.05, 0.1) is 29.2 Å². The van der Waals surface area contributed by atoms with Gasteiger partial charge in [-0.15, -0.1) is 0 Å². The summed E-state index contributed by atoms with van der Waals surface area (Å²) in [5.41, 5.74) is 3.16. The summed E-state index contributed by atoms with van der Waals surface area (Å²) in [6, 6.07) is 3.82. The number of hydrogen-bond acceptors (Lipinski definition) is 5. The second-order valence-corrected chi connectivity index (χ2v) is 4.14. The molecule has 2 aromatic rings. The molecule has 1 atom stereocenters. The third kappa shape index (κ3) is 2.18. The molecule has 0 saturated heterocycles. The molecule has 2 aromatic heterocycles. The predicted octanol–water partition coefficient (Wildman–Crippen LogP) is 2.73. The molecule has 0 amide bonds. The van der Waals surface area contributed by atoms with Gasteiger partial charge >= 0.3 is 0 Å². The maximum absolute atomic E-state index is 9.02. The molecular weight excluding hydrogens is 228 g/mol. The van der Waals surface area contributed by atoms with Gasteiger partial charge in [0.2, 0.25) is 0 Å². The molecule has 0 saturated carbocycles. The Balaban J connectivity index is 2.27. The molecule has 0 radical (unpaired) electrons. The SMILES string of the molecule is Cc1noc(C)c1C(C)Nc1cnccc1C#N. The van der Waals surface area contributed by atoms with Crippen molar-refractivity contribution in [2.45, 2.75) is 26.8 Å². The van der Waals surface area contributed by atoms with E-state index in [4.69, 9.17) is 9.78 Å². The van der Waals surface area contributed by atoms with Gasteiger partial charge in [-0.3, -0.25) is 4.98 Å². The van der Waals surface area contributed by atoms with E-state index < -0.39 is 0 Å². The van der Waals surface area contributed by atoms with Crippen LogP contribution in [0.25, 0.3) is 0 Å². The van der Waals surface area contributed by atoms with Crippen LogP contribution in [0.2, 0.25) is 0 Å². The van der Waals surface area contributed by atoms with Gasteiger partial charge in [-0.2, -0.15) is 5.26 Å². The minimum Gasteiger partial charge on any atom is -0.376 e. The summed E-state index contributed by atoms with van der Waals surface area (Å²) in [5.74, 6) is 0.787. The van der Waals surface area contributed by atoms with Crippen LogP contribution in [0.1, 0.15) is 35.5 Å². The zero-order valence-corrected chi connectivity index (χ0v) is 10.6. The van der Waals surface area contributed by atoms with Crippen LogP contribution in [0.5, 0.6) is 0 Å². The van der Waals surface area contributed by atoms with E-state index in [-0.39, 0.29) is 6.04 Å². The van der Waals surface area contributed by atoms with Crippen LogP contribution >= 0.6 is 0 Å². The zero-order chi connectivity index (χ0) is 13.1. The molecule has 0 fully saturated rings. The van der Waals surface area contributed by atoms with Crippen LogP contribution in [0.3, 0.4) is 0 Å². The van der Waals surface area contributed by atoms with Gasteiger partial charge in [0, 0.05) is 11.8 Å². The van der Waals surface area contributed by atoms with E-state index in [0.717, 1.165) is 17.0 Å². The fourth-order valence-corrected chi connectivity index (χ4v) is 2.02. The van der Waals surface area contributed by atoms with Crippen molar-refractivity contribution < 1.29 is 4.52 Å². The molecular formula is C13H14N4O. The third-order valence-electron chi connectivity index (χ3n) is 2.84. The Hall–Kier alpha value is -2.35. The summed E-state index contributed by atoms with van der Waals surface area (Å²) in [4.78, 5) is 4.02. The number of hydrogen-bond donors (Lipinski definition) is 1. The number of aryl methyl sites for hydroxylation is 2. The molecule has 0 bridgehead atoms. The Kier molecular flexibility index (Phi) is 3.28. The van der Waals surface area contributed by atoms with Gasteiger partial charge in [0.25, 0.3) is 0 Å². The summed E-state index contributed by atoms with van der Waals surface area (Å²) in [5, 5.41) is 16.2. The number of nitrogens with one attached hydrogen (secondary N) is 1. The van der Waals surface area contributed by atoms with Crippen molar-refractivity contribution in [3.05, 3.63) is 41.0 Å². The second-order valence-electron chi connectivity index (χ2n) is 4.14. The quantitative estimate of drug-likeness (QED) is 0.895. The fraction of sp³-hybridized carbons (Fsp3) is 0.308. The van der Waals surface area contributed by atoms with Crippen LogP contribution in [-0.4, -0.2) is 10.1 Å². The van der Waals surface area contributed by atoms with E-state index in [0.29, 0.717) is 11.3 Å². The lowest BCUT2D eigenvalue weighted by Gasteiger charge is -2.15. The van der Waals surface area contributed by atoms with Crippen LogP contribution in [-0.2, 0) is 0 Å². The standard InChI is InChI=1S/C13H14N4O/c1-8(13-9(2)17-18-10(13)3)16-12-7-15-5-4-11(12)6-14/h4-5,7-8,16H,1-3H3. The molecule has 0 aliphatic rings. The maximum Gasteiger partial charge on any atom is 0.139 e. The smallest absolute Gasteiger partial charge is 0.139 e. The van der Waals surface area contributed by atoms with Crippen molar-refractivity contribution in [1.29, 1.82) is 5.26 Å². The summed E-state index contributed by atoms with van der Waals surface area (Å²) in [6.45, 7) is 5.78. The number of aromatic nitrogens is 2. The number of rotatable bonds is 3. The predicted molar refractivity (Wildman–Crippen MR) is 67.0 cm³/mol. The van der Waals surface area contributed by atoms with Crippen molar-refractivity contribution in [3.63, 3.8) is 0 Å². The maximum atomic E-state index is 9.02. The summed E-state index contributed by atoms with van der Waals surface area (Å²) in [7, 11) is 0. The lowest BCUT2D eigenvalue weighted by Crippen LogP contribution is -2.09. The minimum absolute atomic E-state index is 0.00699. The highest BCUT2D eigenvalue weighted by atomic mass is 16.5. The Morgan fingerprint density at radius 3 is 2.83 bits per heavy atom. The van der Waals surface area contributed by atoms with E-state index in [1.165, 1.54) is 0 Å². The van der Waals surface area contributed by atoms with Crippen molar-refractivity contribution in [2.75, 3.05) is 5.32 Å². The Morgan fingerprint density at radius 1 is 1.44 bits per heavy atom. The van der Waals surface area contributed by atoms with Crippen LogP contribution in [0, 0.1) is 25.2 Å². The van der Waals surface area contributed by atoms with Crippen LogP contribution < -0.4 is 5.32 Å². The molecule has 1 N–H and O–H groups in total. The normalized spacial score (nSPS) is 11.9. The molecule has 2 rings (SSSR count). The average Bonchev–Trinajstić information content (AvgIpc) is 2.69.